The molecule has 54 heavy (non-hydrogen) atoms. The zero-order valence-electron chi connectivity index (χ0n) is 32.0. The Bertz CT molecular complexity index is 2410. The summed E-state index contributed by atoms with van der Waals surface area (Å²) in [5.41, 5.74) is 5.94. The van der Waals surface area contributed by atoms with Gasteiger partial charge in [-0.1, -0.05) is 64.7 Å². The summed E-state index contributed by atoms with van der Waals surface area (Å²) in [5, 5.41) is 34.5. The minimum absolute atomic E-state index is 0.0269. The van der Waals surface area contributed by atoms with E-state index in [4.69, 9.17) is 0 Å². The normalized spacial score (nSPS) is 18.6. The van der Waals surface area contributed by atoms with E-state index in [0.717, 1.165) is 81.3 Å². The monoisotopic (exact) mass is 725 g/mol. The number of fused-ring (bicyclic) bond motifs is 6. The second-order valence-corrected chi connectivity index (χ2v) is 15.9. The van der Waals surface area contributed by atoms with Crippen LogP contribution < -0.4 is 4.90 Å². The zero-order chi connectivity index (χ0) is 38.7. The molecule has 8 nitrogen and oxygen atoms in total. The maximum absolute atomic E-state index is 14.1. The fourth-order valence-electron chi connectivity index (χ4n) is 8.99. The van der Waals surface area contributed by atoms with Crippen LogP contribution in [0.5, 0.6) is 0 Å². The van der Waals surface area contributed by atoms with Gasteiger partial charge in [0.15, 0.2) is 5.71 Å². The van der Waals surface area contributed by atoms with Gasteiger partial charge in [0, 0.05) is 47.5 Å². The number of carboxylic acids is 2. The summed E-state index contributed by atoms with van der Waals surface area (Å²) in [6, 6.07) is 18.4. The molecule has 0 unspecified atom stereocenters. The molecule has 7 rings (SSSR count). The molecule has 4 aromatic carbocycles. The van der Waals surface area contributed by atoms with Crippen LogP contribution in [0.15, 0.2) is 95.4 Å². The third kappa shape index (κ3) is 5.83. The fourth-order valence-corrected chi connectivity index (χ4v) is 8.99. The molecular weight excluding hydrogens is 677 g/mol. The van der Waals surface area contributed by atoms with E-state index in [1.54, 1.807) is 24.3 Å². The Labute approximate surface area is 316 Å². The molecule has 3 N–H and O–H groups in total. The first-order valence-electron chi connectivity index (χ1n) is 19.2. The van der Waals surface area contributed by atoms with Crippen LogP contribution in [0.3, 0.4) is 0 Å². The topological polar surface area (TPSA) is 118 Å². The molecule has 8 heteroatoms. The van der Waals surface area contributed by atoms with E-state index in [0.29, 0.717) is 6.54 Å². The van der Waals surface area contributed by atoms with Crippen molar-refractivity contribution in [2.75, 3.05) is 18.0 Å². The number of anilines is 1. The van der Waals surface area contributed by atoms with Crippen LogP contribution in [-0.2, 0) is 15.6 Å². The molecule has 2 aliphatic heterocycles. The number of ketones is 1. The van der Waals surface area contributed by atoms with Crippen LogP contribution in [0.1, 0.15) is 112 Å². The standard InChI is InChI=1S/C46H48N2O6/c1-7-9-10-11-12-13-22-48-36-21-17-28-24-30(44(53)54)15-19-32(28)40(36)46(5,6)38(48)26-34-41(49)33(42(34)50)25-37-45(3,4)39-31-18-14-29(43(51)52)23-27(31)16-20-35(39)47(37)8-2/h14-21,23-26H,7-13,22H2,1-6H3,(H2-,49,50,51,52,53,54)/p+1. The molecule has 0 spiro atoms. The number of likely N-dealkylation sites (N-methyl/N-ethyl adjacent to an activating group) is 1. The summed E-state index contributed by atoms with van der Waals surface area (Å²) < 4.78 is 2.29. The summed E-state index contributed by atoms with van der Waals surface area (Å²) >= 11 is 0. The maximum atomic E-state index is 14.1. The lowest BCUT2D eigenvalue weighted by atomic mass is 9.76. The van der Waals surface area contributed by atoms with Crippen molar-refractivity contribution in [3.05, 3.63) is 118 Å². The van der Waals surface area contributed by atoms with E-state index < -0.39 is 22.8 Å². The number of rotatable bonds is 12. The number of allylic oxidation sites excluding steroid dienone is 5. The molecule has 2 heterocycles. The molecule has 0 aromatic heterocycles. The molecule has 0 fully saturated rings. The Morgan fingerprint density at radius 1 is 0.741 bits per heavy atom. The fraction of sp³-hybridized carbons (Fsp3) is 0.348. The van der Waals surface area contributed by atoms with E-state index >= 15 is 0 Å². The van der Waals surface area contributed by atoms with E-state index in [2.05, 4.69) is 57.1 Å². The third-order valence-electron chi connectivity index (χ3n) is 11.8. The molecular formula is C46H49N2O6+. The minimum atomic E-state index is -0.974. The third-order valence-corrected chi connectivity index (χ3v) is 11.8. The highest BCUT2D eigenvalue weighted by molar-refractivity contribution is 6.24. The molecule has 3 aliphatic rings. The molecule has 0 saturated carbocycles. The first-order chi connectivity index (χ1) is 25.7. The molecule has 0 saturated heterocycles. The first-order valence-corrected chi connectivity index (χ1v) is 19.2. The number of benzene rings is 4. The van der Waals surface area contributed by atoms with Crippen molar-refractivity contribution in [3.8, 4) is 0 Å². The van der Waals surface area contributed by atoms with E-state index in [1.807, 2.05) is 42.5 Å². The van der Waals surface area contributed by atoms with Gasteiger partial charge in [-0.3, -0.25) is 4.79 Å². The Hall–Kier alpha value is -5.50. The van der Waals surface area contributed by atoms with Crippen LogP contribution >= 0.6 is 0 Å². The van der Waals surface area contributed by atoms with E-state index in [1.165, 1.54) is 19.3 Å². The molecule has 4 aromatic rings. The summed E-state index contributed by atoms with van der Waals surface area (Å²) in [6.45, 7) is 14.2. The second kappa shape index (κ2) is 13.7. The molecule has 0 amide bonds. The van der Waals surface area contributed by atoms with Gasteiger partial charge in [0.2, 0.25) is 11.5 Å². The van der Waals surface area contributed by atoms with Crippen molar-refractivity contribution in [2.45, 2.75) is 90.9 Å². The van der Waals surface area contributed by atoms with E-state index in [9.17, 15) is 29.7 Å². The second-order valence-electron chi connectivity index (χ2n) is 15.9. The van der Waals surface area contributed by atoms with Gasteiger partial charge in [0.05, 0.1) is 27.7 Å². The lowest BCUT2D eigenvalue weighted by Crippen LogP contribution is -2.32. The number of carbonyl (C=O) groups excluding carboxylic acids is 1. The highest BCUT2D eigenvalue weighted by Gasteiger charge is 2.48. The summed E-state index contributed by atoms with van der Waals surface area (Å²) in [5.74, 6) is -2.18. The van der Waals surface area contributed by atoms with Gasteiger partial charge in [-0.05, 0) is 96.8 Å². The van der Waals surface area contributed by atoms with Gasteiger partial charge in [0.25, 0.3) is 0 Å². The number of aliphatic hydroxyl groups is 1. The average molecular weight is 726 g/mol. The van der Waals surface area contributed by atoms with Crippen molar-refractivity contribution in [2.24, 2.45) is 0 Å². The van der Waals surface area contributed by atoms with Crippen molar-refractivity contribution in [3.63, 3.8) is 0 Å². The molecule has 0 atom stereocenters. The summed E-state index contributed by atoms with van der Waals surface area (Å²) in [4.78, 5) is 39.8. The van der Waals surface area contributed by atoms with Gasteiger partial charge in [-0.2, -0.15) is 4.58 Å². The Balaban J connectivity index is 1.29. The SMILES string of the molecule is CCCCCCCC[N+]1=C(/C=C2\C(=O)C(/C=C3/N(CC)c4ccc5cc(C(=O)O)ccc5c4C3(C)C)=C2O)C(C)(C)c2c1ccc1cc(C(=O)O)ccc21. The number of unbranched alkanes of at least 4 members (excludes halogenated alkanes) is 5. The number of hydrogen-bond acceptors (Lipinski definition) is 5. The predicted octanol–water partition coefficient (Wildman–Crippen LogP) is 10.1. The highest BCUT2D eigenvalue weighted by Crippen LogP contribution is 2.52. The van der Waals surface area contributed by atoms with Gasteiger partial charge in [0.1, 0.15) is 12.3 Å². The van der Waals surface area contributed by atoms with Crippen LogP contribution in [0.25, 0.3) is 21.5 Å². The predicted molar refractivity (Wildman–Crippen MR) is 215 cm³/mol. The average Bonchev–Trinajstić information content (AvgIpc) is 3.51. The number of carbonyl (C=O) groups is 3. The van der Waals surface area contributed by atoms with Crippen LogP contribution in [0.2, 0.25) is 0 Å². The molecule has 278 valence electrons. The van der Waals surface area contributed by atoms with Crippen LogP contribution in [0.4, 0.5) is 11.4 Å². The lowest BCUT2D eigenvalue weighted by molar-refractivity contribution is -0.438. The maximum Gasteiger partial charge on any atom is 0.335 e. The van der Waals surface area contributed by atoms with Crippen LogP contribution in [-0.4, -0.2) is 56.4 Å². The number of carboxylic acid groups (broad SMARTS) is 2. The van der Waals surface area contributed by atoms with Crippen molar-refractivity contribution in [1.82, 2.24) is 0 Å². The van der Waals surface area contributed by atoms with Gasteiger partial charge in [-0.15, -0.1) is 0 Å². The van der Waals surface area contributed by atoms with Crippen molar-refractivity contribution in [1.29, 1.82) is 0 Å². The Morgan fingerprint density at radius 3 is 1.93 bits per heavy atom. The number of aromatic carboxylic acids is 2. The zero-order valence-corrected chi connectivity index (χ0v) is 32.0. The van der Waals surface area contributed by atoms with Crippen molar-refractivity contribution < 1.29 is 34.3 Å². The smallest absolute Gasteiger partial charge is 0.335 e. The van der Waals surface area contributed by atoms with Gasteiger partial charge in [-0.25, -0.2) is 9.59 Å². The van der Waals surface area contributed by atoms with E-state index in [-0.39, 0.29) is 33.8 Å². The first kappa shape index (κ1) is 36.8. The molecule has 1 aliphatic carbocycles. The summed E-state index contributed by atoms with van der Waals surface area (Å²) in [6.07, 6.45) is 10.6. The largest absolute Gasteiger partial charge is 0.506 e. The van der Waals surface area contributed by atoms with Gasteiger partial charge >= 0.3 is 11.9 Å². The summed E-state index contributed by atoms with van der Waals surface area (Å²) in [7, 11) is 0. The molecule has 0 radical (unpaired) electrons. The number of nitrogens with zero attached hydrogens (tertiary/aromatic N) is 2. The minimum Gasteiger partial charge on any atom is -0.506 e. The quantitative estimate of drug-likeness (QED) is 0.0756. The Kier molecular flexibility index (Phi) is 9.37. The highest BCUT2D eigenvalue weighted by atomic mass is 16.4. The van der Waals surface area contributed by atoms with Crippen LogP contribution in [0, 0.1) is 0 Å². The Morgan fingerprint density at radius 2 is 1.33 bits per heavy atom. The number of hydrogen-bond donors (Lipinski definition) is 3. The number of Topliss-reactive ketones (excluding diaryl/α,β-unsaturated/α-hetero) is 1. The van der Waals surface area contributed by atoms with Gasteiger partial charge < -0.3 is 20.2 Å². The lowest BCUT2D eigenvalue weighted by Gasteiger charge is -2.28. The number of aliphatic hydroxyl groups excluding tert-OH is 1. The van der Waals surface area contributed by atoms with Crippen molar-refractivity contribution >= 4 is 56.4 Å². The molecule has 0 bridgehead atoms.